The van der Waals surface area contributed by atoms with Crippen LogP contribution in [0.5, 0.6) is 0 Å². The summed E-state index contributed by atoms with van der Waals surface area (Å²) in [7, 11) is -7.09. The number of rotatable bonds is 3. The average Bonchev–Trinajstić information content (AvgIpc) is 2.38. The molecule has 0 spiro atoms. The number of nitrogens with one attached hydrogen (secondary N) is 1. The van der Waals surface area contributed by atoms with Gasteiger partial charge in [-0.05, 0) is 25.1 Å². The van der Waals surface area contributed by atoms with Crippen LogP contribution in [0.3, 0.4) is 0 Å². The number of sulfone groups is 1. The molecule has 1 N–H and O–H groups in total. The molecule has 8 heteroatoms. The molecule has 112 valence electrons. The summed E-state index contributed by atoms with van der Waals surface area (Å²) in [6, 6.07) is 5.35. The fraction of sp³-hybridized carbons (Fsp3) is 0.500. The van der Waals surface area contributed by atoms with Gasteiger partial charge in [0.15, 0.2) is 9.84 Å². The zero-order chi connectivity index (χ0) is 15.0. The summed E-state index contributed by atoms with van der Waals surface area (Å²) in [5.74, 6) is 0. The second kappa shape index (κ2) is 5.44. The summed E-state index contributed by atoms with van der Waals surface area (Å²) >= 11 is 0. The predicted molar refractivity (Wildman–Crippen MR) is 75.8 cm³/mol. The number of nitrogens with zero attached hydrogens (tertiary/aromatic N) is 1. The molecule has 0 radical (unpaired) electrons. The van der Waals surface area contributed by atoms with Crippen molar-refractivity contribution >= 4 is 19.9 Å². The molecule has 1 heterocycles. The molecule has 1 aromatic rings. The van der Waals surface area contributed by atoms with Crippen molar-refractivity contribution in [3.05, 3.63) is 24.3 Å². The molecule has 0 unspecified atom stereocenters. The van der Waals surface area contributed by atoms with Crippen LogP contribution in [0.1, 0.15) is 6.92 Å². The molecule has 6 nitrogen and oxygen atoms in total. The van der Waals surface area contributed by atoms with Crippen LogP contribution >= 0.6 is 0 Å². The number of hydrogen-bond donors (Lipinski definition) is 1. The second-order valence-electron chi connectivity index (χ2n) is 4.92. The van der Waals surface area contributed by atoms with Crippen molar-refractivity contribution in [2.75, 3.05) is 25.9 Å². The van der Waals surface area contributed by atoms with E-state index in [0.29, 0.717) is 19.6 Å². The van der Waals surface area contributed by atoms with E-state index in [1.807, 2.05) is 6.92 Å². The Bertz CT molecular complexity index is 698. The fourth-order valence-corrected chi connectivity index (χ4v) is 4.60. The van der Waals surface area contributed by atoms with Gasteiger partial charge in [0, 0.05) is 31.9 Å². The second-order valence-corrected chi connectivity index (χ2v) is 8.82. The van der Waals surface area contributed by atoms with Gasteiger partial charge in [0.1, 0.15) is 0 Å². The van der Waals surface area contributed by atoms with Crippen molar-refractivity contribution in [1.82, 2.24) is 9.62 Å². The minimum Gasteiger partial charge on any atom is -0.314 e. The maximum absolute atomic E-state index is 12.6. The minimum atomic E-state index is -3.67. The Labute approximate surface area is 119 Å². The van der Waals surface area contributed by atoms with E-state index in [4.69, 9.17) is 0 Å². The van der Waals surface area contributed by atoms with Gasteiger partial charge in [0.2, 0.25) is 10.0 Å². The van der Waals surface area contributed by atoms with Gasteiger partial charge in [-0.15, -0.1) is 0 Å². The number of benzene rings is 1. The van der Waals surface area contributed by atoms with E-state index >= 15 is 0 Å². The highest BCUT2D eigenvalue weighted by Gasteiger charge is 2.31. The molecule has 2 rings (SSSR count). The van der Waals surface area contributed by atoms with E-state index in [-0.39, 0.29) is 15.8 Å². The van der Waals surface area contributed by atoms with Crippen LogP contribution in [0, 0.1) is 0 Å². The largest absolute Gasteiger partial charge is 0.314 e. The van der Waals surface area contributed by atoms with Crippen molar-refractivity contribution in [2.24, 2.45) is 0 Å². The lowest BCUT2D eigenvalue weighted by Crippen LogP contribution is -2.52. The lowest BCUT2D eigenvalue weighted by molar-refractivity contribution is 0.284. The smallest absolute Gasteiger partial charge is 0.243 e. The SMILES string of the molecule is C[C@H]1CNCCN1S(=O)(=O)c1cccc(S(C)(=O)=O)c1. The summed E-state index contributed by atoms with van der Waals surface area (Å²) in [5, 5.41) is 3.12. The zero-order valence-electron chi connectivity index (χ0n) is 11.4. The summed E-state index contributed by atoms with van der Waals surface area (Å²) < 4.78 is 49.6. The van der Waals surface area contributed by atoms with Gasteiger partial charge >= 0.3 is 0 Å². The summed E-state index contributed by atoms with van der Waals surface area (Å²) in [4.78, 5) is 0.0375. The van der Waals surface area contributed by atoms with Crippen molar-refractivity contribution < 1.29 is 16.8 Å². The molecule has 1 fully saturated rings. The maximum Gasteiger partial charge on any atom is 0.243 e. The highest BCUT2D eigenvalue weighted by Crippen LogP contribution is 2.22. The van der Waals surface area contributed by atoms with Crippen LogP contribution in [0.25, 0.3) is 0 Å². The standard InChI is InChI=1S/C12H18N2O4S2/c1-10-9-13-6-7-14(10)20(17,18)12-5-3-4-11(8-12)19(2,15)16/h3-5,8,10,13H,6-7,9H2,1-2H3/t10-/m0/s1. The number of piperazine rings is 1. The lowest BCUT2D eigenvalue weighted by atomic mass is 10.3. The molecule has 20 heavy (non-hydrogen) atoms. The minimum absolute atomic E-state index is 0.0152. The Kier molecular flexibility index (Phi) is 4.19. The van der Waals surface area contributed by atoms with Crippen molar-refractivity contribution in [2.45, 2.75) is 22.8 Å². The Morgan fingerprint density at radius 1 is 1.20 bits per heavy atom. The van der Waals surface area contributed by atoms with Crippen LogP contribution in [0.2, 0.25) is 0 Å². The van der Waals surface area contributed by atoms with Crippen LogP contribution in [0.15, 0.2) is 34.1 Å². The van der Waals surface area contributed by atoms with Crippen molar-refractivity contribution in [3.8, 4) is 0 Å². The Morgan fingerprint density at radius 3 is 2.45 bits per heavy atom. The normalized spacial score (nSPS) is 21.8. The molecule has 1 aliphatic rings. The van der Waals surface area contributed by atoms with Gasteiger partial charge < -0.3 is 5.32 Å². The van der Waals surface area contributed by atoms with Gasteiger partial charge in [-0.2, -0.15) is 4.31 Å². The summed E-state index contributed by atoms with van der Waals surface area (Å²) in [5.41, 5.74) is 0. The Hall–Kier alpha value is -0.960. The van der Waals surface area contributed by atoms with E-state index in [1.165, 1.54) is 28.6 Å². The van der Waals surface area contributed by atoms with E-state index < -0.39 is 19.9 Å². The topological polar surface area (TPSA) is 83.6 Å². The molecule has 1 atom stereocenters. The van der Waals surface area contributed by atoms with Crippen LogP contribution in [-0.2, 0) is 19.9 Å². The van der Waals surface area contributed by atoms with Gasteiger partial charge in [0.05, 0.1) is 9.79 Å². The Morgan fingerprint density at radius 2 is 1.85 bits per heavy atom. The van der Waals surface area contributed by atoms with Gasteiger partial charge in [-0.1, -0.05) is 6.07 Å². The molecular weight excluding hydrogens is 300 g/mol. The van der Waals surface area contributed by atoms with Crippen molar-refractivity contribution in [3.63, 3.8) is 0 Å². The highest BCUT2D eigenvalue weighted by atomic mass is 32.2. The fourth-order valence-electron chi connectivity index (χ4n) is 2.18. The first-order valence-electron chi connectivity index (χ1n) is 6.25. The molecule has 1 aliphatic heterocycles. The molecule has 0 amide bonds. The highest BCUT2D eigenvalue weighted by molar-refractivity contribution is 7.91. The van der Waals surface area contributed by atoms with Crippen molar-refractivity contribution in [1.29, 1.82) is 0 Å². The van der Waals surface area contributed by atoms with E-state index in [1.54, 1.807) is 0 Å². The molecule has 1 aromatic carbocycles. The quantitative estimate of drug-likeness (QED) is 0.853. The molecule has 1 saturated heterocycles. The maximum atomic E-state index is 12.6. The van der Waals surface area contributed by atoms with Crippen LogP contribution < -0.4 is 5.32 Å². The van der Waals surface area contributed by atoms with Crippen LogP contribution in [-0.4, -0.2) is 53.1 Å². The molecule has 0 bridgehead atoms. The first-order chi connectivity index (χ1) is 9.23. The van der Waals surface area contributed by atoms with E-state index in [2.05, 4.69) is 5.32 Å². The molecular formula is C12H18N2O4S2. The predicted octanol–water partition coefficient (Wildman–Crippen LogP) is 0.0725. The zero-order valence-corrected chi connectivity index (χ0v) is 13.0. The van der Waals surface area contributed by atoms with Crippen LogP contribution in [0.4, 0.5) is 0 Å². The molecule has 0 aromatic heterocycles. The van der Waals surface area contributed by atoms with E-state index in [9.17, 15) is 16.8 Å². The number of hydrogen-bond acceptors (Lipinski definition) is 5. The first kappa shape index (κ1) is 15.4. The first-order valence-corrected chi connectivity index (χ1v) is 9.59. The van der Waals surface area contributed by atoms with Gasteiger partial charge in [0.25, 0.3) is 0 Å². The molecule has 0 saturated carbocycles. The number of sulfonamides is 1. The summed E-state index contributed by atoms with van der Waals surface area (Å²) in [6.07, 6.45) is 1.06. The Balaban J connectivity index is 2.44. The summed E-state index contributed by atoms with van der Waals surface area (Å²) in [6.45, 7) is 3.39. The van der Waals surface area contributed by atoms with E-state index in [0.717, 1.165) is 6.26 Å². The molecule has 0 aliphatic carbocycles. The lowest BCUT2D eigenvalue weighted by Gasteiger charge is -2.32. The van der Waals surface area contributed by atoms with Gasteiger partial charge in [-0.3, -0.25) is 0 Å². The average molecular weight is 318 g/mol. The third-order valence-electron chi connectivity index (χ3n) is 3.28. The monoisotopic (exact) mass is 318 g/mol. The third-order valence-corrected chi connectivity index (χ3v) is 6.40. The third kappa shape index (κ3) is 3.03. The van der Waals surface area contributed by atoms with Gasteiger partial charge in [-0.25, -0.2) is 16.8 Å².